The van der Waals surface area contributed by atoms with E-state index in [1.165, 1.54) is 4.88 Å². The number of benzene rings is 1. The van der Waals surface area contributed by atoms with E-state index in [1.54, 1.807) is 11.3 Å². The number of thiazole rings is 1. The van der Waals surface area contributed by atoms with Crippen molar-refractivity contribution in [2.24, 2.45) is 0 Å². The summed E-state index contributed by atoms with van der Waals surface area (Å²) in [7, 11) is 1.97. The number of nitrogens with zero attached hydrogens (tertiary/aromatic N) is 1. The van der Waals surface area contributed by atoms with E-state index in [-0.39, 0.29) is 0 Å². The first-order valence-electron chi connectivity index (χ1n) is 6.75. The van der Waals surface area contributed by atoms with Gasteiger partial charge in [-0.1, -0.05) is 18.2 Å². The lowest BCUT2D eigenvalue weighted by Gasteiger charge is -2.06. The fourth-order valence-electron chi connectivity index (χ4n) is 2.48. The molecule has 0 fully saturated rings. The van der Waals surface area contributed by atoms with Crippen molar-refractivity contribution in [3.05, 3.63) is 40.6 Å². The van der Waals surface area contributed by atoms with Gasteiger partial charge in [-0.2, -0.15) is 0 Å². The zero-order chi connectivity index (χ0) is 14.3. The van der Waals surface area contributed by atoms with Crippen LogP contribution in [0.4, 0.5) is 0 Å². The van der Waals surface area contributed by atoms with Gasteiger partial charge in [0.2, 0.25) is 0 Å². The van der Waals surface area contributed by atoms with Gasteiger partial charge in [0.1, 0.15) is 16.4 Å². The number of aryl methyl sites for hydroxylation is 2. The summed E-state index contributed by atoms with van der Waals surface area (Å²) in [6.07, 6.45) is 0. The molecule has 1 unspecified atom stereocenters. The first-order chi connectivity index (χ1) is 9.61. The van der Waals surface area contributed by atoms with E-state index in [2.05, 4.69) is 25.2 Å². The number of hydrogen-bond donors (Lipinski definition) is 1. The monoisotopic (exact) mass is 286 g/mol. The van der Waals surface area contributed by atoms with Crippen molar-refractivity contribution in [3.63, 3.8) is 0 Å². The zero-order valence-corrected chi connectivity index (χ0v) is 13.0. The third-order valence-electron chi connectivity index (χ3n) is 3.64. The second kappa shape index (κ2) is 5.04. The summed E-state index contributed by atoms with van der Waals surface area (Å²) in [5.41, 5.74) is 3.15. The minimum Gasteiger partial charge on any atom is -0.461 e. The average Bonchev–Trinajstić information content (AvgIpc) is 2.97. The molecule has 0 spiro atoms. The third kappa shape index (κ3) is 2.05. The number of nitrogens with one attached hydrogen (secondary N) is 1. The molecule has 0 aliphatic carbocycles. The zero-order valence-electron chi connectivity index (χ0n) is 12.2. The second-order valence-electron chi connectivity index (χ2n) is 5.01. The SMILES string of the molecule is CNC(C)c1sc(-c2c(C)oc3ccccc23)nc1C. The van der Waals surface area contributed by atoms with Crippen molar-refractivity contribution < 1.29 is 4.42 Å². The van der Waals surface area contributed by atoms with Crippen molar-refractivity contribution in [3.8, 4) is 10.6 Å². The maximum Gasteiger partial charge on any atom is 0.135 e. The minimum atomic E-state index is 0.319. The molecule has 0 bridgehead atoms. The summed E-state index contributed by atoms with van der Waals surface area (Å²) in [5, 5.41) is 5.46. The van der Waals surface area contributed by atoms with E-state index in [0.29, 0.717) is 6.04 Å². The Hall–Kier alpha value is -1.65. The largest absolute Gasteiger partial charge is 0.461 e. The Morgan fingerprint density at radius 1 is 1.25 bits per heavy atom. The van der Waals surface area contributed by atoms with E-state index in [9.17, 15) is 0 Å². The van der Waals surface area contributed by atoms with Gasteiger partial charge in [-0.05, 0) is 33.9 Å². The molecule has 2 aromatic heterocycles. The van der Waals surface area contributed by atoms with Crippen molar-refractivity contribution in [2.45, 2.75) is 26.8 Å². The minimum absolute atomic E-state index is 0.319. The molecule has 0 radical (unpaired) electrons. The first-order valence-corrected chi connectivity index (χ1v) is 7.56. The quantitative estimate of drug-likeness (QED) is 0.773. The van der Waals surface area contributed by atoms with E-state index in [0.717, 1.165) is 33.0 Å². The number of hydrogen-bond acceptors (Lipinski definition) is 4. The molecule has 3 aromatic rings. The van der Waals surface area contributed by atoms with Gasteiger partial charge in [0, 0.05) is 16.3 Å². The fourth-order valence-corrected chi connectivity index (χ4v) is 3.72. The molecular weight excluding hydrogens is 268 g/mol. The maximum atomic E-state index is 5.84. The highest BCUT2D eigenvalue weighted by atomic mass is 32.1. The number of furan rings is 1. The predicted octanol–water partition coefficient (Wildman–Crippen LogP) is 4.45. The van der Waals surface area contributed by atoms with Gasteiger partial charge in [0.15, 0.2) is 0 Å². The molecule has 4 heteroatoms. The van der Waals surface area contributed by atoms with Crippen LogP contribution in [0, 0.1) is 13.8 Å². The van der Waals surface area contributed by atoms with Gasteiger partial charge >= 0.3 is 0 Å². The lowest BCUT2D eigenvalue weighted by Crippen LogP contribution is -2.11. The van der Waals surface area contributed by atoms with E-state index < -0.39 is 0 Å². The van der Waals surface area contributed by atoms with Crippen LogP contribution in [-0.4, -0.2) is 12.0 Å². The molecule has 104 valence electrons. The highest BCUT2D eigenvalue weighted by molar-refractivity contribution is 7.15. The molecule has 3 rings (SSSR count). The lowest BCUT2D eigenvalue weighted by molar-refractivity contribution is 0.580. The summed E-state index contributed by atoms with van der Waals surface area (Å²) in [4.78, 5) is 6.04. The fraction of sp³-hybridized carbons (Fsp3) is 0.312. The maximum absolute atomic E-state index is 5.84. The summed E-state index contributed by atoms with van der Waals surface area (Å²) >= 11 is 1.75. The Bertz CT molecular complexity index is 757. The Balaban J connectivity index is 2.19. The second-order valence-corrected chi connectivity index (χ2v) is 6.04. The van der Waals surface area contributed by atoms with Crippen LogP contribution in [-0.2, 0) is 0 Å². The molecule has 0 saturated heterocycles. The first kappa shape index (κ1) is 13.3. The van der Waals surface area contributed by atoms with E-state index in [1.807, 2.05) is 32.2 Å². The highest BCUT2D eigenvalue weighted by Gasteiger charge is 2.19. The van der Waals surface area contributed by atoms with Crippen molar-refractivity contribution in [2.75, 3.05) is 7.05 Å². The molecule has 1 aromatic carbocycles. The van der Waals surface area contributed by atoms with Gasteiger partial charge in [-0.3, -0.25) is 0 Å². The Morgan fingerprint density at radius 3 is 2.75 bits per heavy atom. The molecular formula is C16H18N2OS. The molecule has 0 aliphatic rings. The normalized spacial score (nSPS) is 13.0. The molecule has 20 heavy (non-hydrogen) atoms. The Morgan fingerprint density at radius 2 is 2.00 bits per heavy atom. The molecule has 0 aliphatic heterocycles. The Kier molecular flexibility index (Phi) is 3.36. The smallest absolute Gasteiger partial charge is 0.135 e. The molecule has 1 atom stereocenters. The van der Waals surface area contributed by atoms with Crippen LogP contribution in [0.5, 0.6) is 0 Å². The van der Waals surface area contributed by atoms with Crippen LogP contribution in [0.15, 0.2) is 28.7 Å². The standard InChI is InChI=1S/C16H18N2OS/c1-9(17-4)15-10(2)18-16(20-15)14-11(3)19-13-8-6-5-7-12(13)14/h5-9,17H,1-4H3. The number of aromatic nitrogens is 1. The number of para-hydroxylation sites is 1. The van der Waals surface area contributed by atoms with Gasteiger partial charge in [-0.25, -0.2) is 4.98 Å². The predicted molar refractivity (Wildman–Crippen MR) is 84.3 cm³/mol. The molecule has 0 amide bonds. The lowest BCUT2D eigenvalue weighted by atomic mass is 10.1. The molecule has 0 saturated carbocycles. The van der Waals surface area contributed by atoms with Crippen LogP contribution in [0.1, 0.15) is 29.3 Å². The van der Waals surface area contributed by atoms with Crippen LogP contribution in [0.3, 0.4) is 0 Å². The van der Waals surface area contributed by atoms with Crippen molar-refractivity contribution in [1.82, 2.24) is 10.3 Å². The number of rotatable bonds is 3. The van der Waals surface area contributed by atoms with E-state index >= 15 is 0 Å². The summed E-state index contributed by atoms with van der Waals surface area (Å²) in [5.74, 6) is 0.934. The molecule has 2 heterocycles. The van der Waals surface area contributed by atoms with Crippen LogP contribution in [0.25, 0.3) is 21.5 Å². The summed E-state index contributed by atoms with van der Waals surface area (Å²) in [6, 6.07) is 8.46. The average molecular weight is 286 g/mol. The van der Waals surface area contributed by atoms with Gasteiger partial charge in [-0.15, -0.1) is 11.3 Å². The Labute approximate surface area is 122 Å². The van der Waals surface area contributed by atoms with Crippen LogP contribution >= 0.6 is 11.3 Å². The third-order valence-corrected chi connectivity index (χ3v) is 5.00. The molecule has 3 nitrogen and oxygen atoms in total. The van der Waals surface area contributed by atoms with Gasteiger partial charge < -0.3 is 9.73 Å². The summed E-state index contributed by atoms with van der Waals surface area (Å²) < 4.78 is 5.84. The van der Waals surface area contributed by atoms with Crippen LogP contribution < -0.4 is 5.32 Å². The topological polar surface area (TPSA) is 38.1 Å². The van der Waals surface area contributed by atoms with Crippen LogP contribution in [0.2, 0.25) is 0 Å². The van der Waals surface area contributed by atoms with Gasteiger partial charge in [0.05, 0.1) is 11.3 Å². The molecule has 1 N–H and O–H groups in total. The van der Waals surface area contributed by atoms with Crippen molar-refractivity contribution >= 4 is 22.3 Å². The highest BCUT2D eigenvalue weighted by Crippen LogP contribution is 2.38. The summed E-state index contributed by atoms with van der Waals surface area (Å²) in [6.45, 7) is 6.23. The number of fused-ring (bicyclic) bond motifs is 1. The van der Waals surface area contributed by atoms with Crippen molar-refractivity contribution in [1.29, 1.82) is 0 Å². The van der Waals surface area contributed by atoms with Gasteiger partial charge in [0.25, 0.3) is 0 Å². The van der Waals surface area contributed by atoms with E-state index in [4.69, 9.17) is 9.40 Å².